The Bertz CT molecular complexity index is 585. The van der Waals surface area contributed by atoms with Gasteiger partial charge in [0.05, 0.1) is 6.04 Å². The Morgan fingerprint density at radius 1 is 1.33 bits per heavy atom. The lowest BCUT2D eigenvalue weighted by Crippen LogP contribution is -2.57. The second-order valence-electron chi connectivity index (χ2n) is 5.78. The molecule has 112 valence electrons. The van der Waals surface area contributed by atoms with Gasteiger partial charge in [0.15, 0.2) is 0 Å². The first-order valence-electron chi connectivity index (χ1n) is 7.04. The van der Waals surface area contributed by atoms with Crippen LogP contribution in [0.4, 0.5) is 4.79 Å². The molecule has 6 heteroatoms. The number of carboxylic acid groups (broad SMARTS) is 1. The van der Waals surface area contributed by atoms with Gasteiger partial charge in [0, 0.05) is 5.56 Å². The first-order valence-corrected chi connectivity index (χ1v) is 7.04. The maximum Gasteiger partial charge on any atom is 0.329 e. The fourth-order valence-corrected chi connectivity index (χ4v) is 2.70. The third-order valence-electron chi connectivity index (χ3n) is 4.22. The van der Waals surface area contributed by atoms with E-state index in [9.17, 15) is 14.7 Å². The molecule has 2 amide bonds. The first-order chi connectivity index (χ1) is 10.0. The van der Waals surface area contributed by atoms with Crippen LogP contribution < -0.4 is 15.4 Å². The number of carbonyl (C=O) groups is 2. The Balaban J connectivity index is 1.66. The number of para-hydroxylation sites is 1. The molecular weight excluding hydrogens is 272 g/mol. The van der Waals surface area contributed by atoms with E-state index in [1.807, 2.05) is 24.3 Å². The summed E-state index contributed by atoms with van der Waals surface area (Å²) >= 11 is 0. The van der Waals surface area contributed by atoms with Gasteiger partial charge in [-0.3, -0.25) is 0 Å². The molecule has 3 N–H and O–H groups in total. The number of hydrogen-bond acceptors (Lipinski definition) is 3. The molecular formula is C15H18N2O4. The van der Waals surface area contributed by atoms with E-state index >= 15 is 0 Å². The molecule has 2 atom stereocenters. The SMILES string of the molecule is CC(NC(=O)NC1COc2ccccc21)(C(=O)O)C1CC1. The number of carboxylic acids is 1. The Kier molecular flexibility index (Phi) is 3.23. The minimum atomic E-state index is -1.21. The van der Waals surface area contributed by atoms with E-state index in [-0.39, 0.29) is 12.0 Å². The van der Waals surface area contributed by atoms with Crippen LogP contribution >= 0.6 is 0 Å². The van der Waals surface area contributed by atoms with Crippen molar-refractivity contribution in [1.82, 2.24) is 10.6 Å². The standard InChI is InChI=1S/C15H18N2O4/c1-15(13(18)19,9-6-7-9)17-14(20)16-11-8-21-12-5-3-2-4-10(11)12/h2-5,9,11H,6-8H2,1H3,(H,18,19)(H2,16,17,20). The van der Waals surface area contributed by atoms with E-state index < -0.39 is 17.5 Å². The summed E-state index contributed by atoms with van der Waals surface area (Å²) in [5, 5.41) is 14.7. The van der Waals surface area contributed by atoms with Crippen molar-refractivity contribution in [3.63, 3.8) is 0 Å². The van der Waals surface area contributed by atoms with Crippen molar-refractivity contribution in [3.05, 3.63) is 29.8 Å². The summed E-state index contributed by atoms with van der Waals surface area (Å²) in [5.74, 6) is -0.234. The summed E-state index contributed by atoms with van der Waals surface area (Å²) in [6.45, 7) is 1.92. The fraction of sp³-hybridized carbons (Fsp3) is 0.467. The molecule has 21 heavy (non-hydrogen) atoms. The summed E-state index contributed by atoms with van der Waals surface area (Å²) in [6, 6.07) is 6.77. The topological polar surface area (TPSA) is 87.7 Å². The summed E-state index contributed by atoms with van der Waals surface area (Å²) < 4.78 is 5.49. The van der Waals surface area contributed by atoms with Crippen molar-refractivity contribution in [3.8, 4) is 5.75 Å². The molecule has 2 unspecified atom stereocenters. The molecule has 1 saturated carbocycles. The average molecular weight is 290 g/mol. The molecule has 1 fully saturated rings. The largest absolute Gasteiger partial charge is 0.491 e. The molecule has 3 rings (SSSR count). The second kappa shape index (κ2) is 4.95. The molecule has 0 aromatic heterocycles. The Hall–Kier alpha value is -2.24. The number of amides is 2. The van der Waals surface area contributed by atoms with Gasteiger partial charge in [-0.1, -0.05) is 18.2 Å². The molecule has 1 aromatic rings. The van der Waals surface area contributed by atoms with Gasteiger partial charge >= 0.3 is 12.0 Å². The molecule has 1 aliphatic heterocycles. The summed E-state index contributed by atoms with van der Waals surface area (Å²) in [4.78, 5) is 23.5. The number of benzene rings is 1. The molecule has 1 aromatic carbocycles. The Morgan fingerprint density at radius 3 is 2.71 bits per heavy atom. The zero-order chi connectivity index (χ0) is 15.0. The number of urea groups is 1. The Labute approximate surface area is 122 Å². The van der Waals surface area contributed by atoms with Crippen LogP contribution in [0.25, 0.3) is 0 Å². The zero-order valence-electron chi connectivity index (χ0n) is 11.8. The van der Waals surface area contributed by atoms with Crippen LogP contribution in [0.15, 0.2) is 24.3 Å². The quantitative estimate of drug-likeness (QED) is 0.787. The third kappa shape index (κ3) is 2.53. The summed E-state index contributed by atoms with van der Waals surface area (Å²) in [6.07, 6.45) is 1.66. The summed E-state index contributed by atoms with van der Waals surface area (Å²) in [7, 11) is 0. The lowest BCUT2D eigenvalue weighted by molar-refractivity contribution is -0.144. The number of nitrogens with one attached hydrogen (secondary N) is 2. The van der Waals surface area contributed by atoms with Crippen molar-refractivity contribution < 1.29 is 19.4 Å². The van der Waals surface area contributed by atoms with Gasteiger partial charge in [0.1, 0.15) is 17.9 Å². The van der Waals surface area contributed by atoms with Gasteiger partial charge < -0.3 is 20.5 Å². The van der Waals surface area contributed by atoms with E-state index in [2.05, 4.69) is 10.6 Å². The smallest absolute Gasteiger partial charge is 0.329 e. The maximum absolute atomic E-state index is 12.1. The second-order valence-corrected chi connectivity index (χ2v) is 5.78. The number of rotatable bonds is 4. The van der Waals surface area contributed by atoms with Crippen molar-refractivity contribution >= 4 is 12.0 Å². The first kappa shape index (κ1) is 13.7. The normalized spacial score (nSPS) is 22.6. The van der Waals surface area contributed by atoms with Crippen LogP contribution in [0.5, 0.6) is 5.75 Å². The lowest BCUT2D eigenvalue weighted by atomic mass is 9.96. The number of ether oxygens (including phenoxy) is 1. The van der Waals surface area contributed by atoms with Crippen molar-refractivity contribution in [2.75, 3.05) is 6.61 Å². The summed E-state index contributed by atoms with van der Waals surface area (Å²) in [5.41, 5.74) is -0.292. The van der Waals surface area contributed by atoms with E-state index in [0.717, 1.165) is 24.2 Å². The van der Waals surface area contributed by atoms with Crippen LogP contribution in [0.3, 0.4) is 0 Å². The van der Waals surface area contributed by atoms with Gasteiger partial charge in [0.2, 0.25) is 0 Å². The van der Waals surface area contributed by atoms with Crippen LogP contribution in [0, 0.1) is 5.92 Å². The van der Waals surface area contributed by atoms with Gasteiger partial charge in [-0.2, -0.15) is 0 Å². The van der Waals surface area contributed by atoms with E-state index in [0.29, 0.717) is 6.61 Å². The molecule has 6 nitrogen and oxygen atoms in total. The van der Waals surface area contributed by atoms with E-state index in [4.69, 9.17) is 4.74 Å². The van der Waals surface area contributed by atoms with Gasteiger partial charge in [0.25, 0.3) is 0 Å². The predicted molar refractivity (Wildman–Crippen MR) is 75.1 cm³/mol. The van der Waals surface area contributed by atoms with E-state index in [1.165, 1.54) is 0 Å². The highest BCUT2D eigenvalue weighted by Crippen LogP contribution is 2.39. The maximum atomic E-state index is 12.1. The van der Waals surface area contributed by atoms with Gasteiger partial charge in [-0.15, -0.1) is 0 Å². The number of carbonyl (C=O) groups excluding carboxylic acids is 1. The van der Waals surface area contributed by atoms with Crippen LogP contribution in [-0.4, -0.2) is 29.3 Å². The number of aliphatic carboxylic acids is 1. The van der Waals surface area contributed by atoms with E-state index in [1.54, 1.807) is 6.92 Å². The molecule has 0 bridgehead atoms. The molecule has 0 radical (unpaired) electrons. The number of hydrogen-bond donors (Lipinski definition) is 3. The van der Waals surface area contributed by atoms with Gasteiger partial charge in [-0.25, -0.2) is 9.59 Å². The molecule has 2 aliphatic rings. The van der Waals surface area contributed by atoms with Crippen molar-refractivity contribution in [2.24, 2.45) is 5.92 Å². The van der Waals surface area contributed by atoms with Crippen LogP contribution in [0.2, 0.25) is 0 Å². The highest BCUT2D eigenvalue weighted by molar-refractivity contribution is 5.86. The van der Waals surface area contributed by atoms with Crippen molar-refractivity contribution in [2.45, 2.75) is 31.3 Å². The predicted octanol–water partition coefficient (Wildman–Crippen LogP) is 1.67. The number of fused-ring (bicyclic) bond motifs is 1. The van der Waals surface area contributed by atoms with Crippen LogP contribution in [-0.2, 0) is 4.79 Å². The van der Waals surface area contributed by atoms with Crippen LogP contribution in [0.1, 0.15) is 31.4 Å². The minimum absolute atomic E-state index is 0.00728. The molecule has 1 aliphatic carbocycles. The monoisotopic (exact) mass is 290 g/mol. The highest BCUT2D eigenvalue weighted by atomic mass is 16.5. The molecule has 0 saturated heterocycles. The Morgan fingerprint density at radius 2 is 2.05 bits per heavy atom. The lowest BCUT2D eigenvalue weighted by Gasteiger charge is -2.27. The molecule has 1 heterocycles. The zero-order valence-corrected chi connectivity index (χ0v) is 11.8. The van der Waals surface area contributed by atoms with Gasteiger partial charge in [-0.05, 0) is 31.7 Å². The average Bonchev–Trinajstić information content (AvgIpc) is 3.23. The minimum Gasteiger partial charge on any atom is -0.491 e. The highest BCUT2D eigenvalue weighted by Gasteiger charge is 2.48. The third-order valence-corrected chi connectivity index (χ3v) is 4.22. The van der Waals surface area contributed by atoms with Crippen molar-refractivity contribution in [1.29, 1.82) is 0 Å². The fourth-order valence-electron chi connectivity index (χ4n) is 2.70. The molecule has 0 spiro atoms.